The van der Waals surface area contributed by atoms with Crippen LogP contribution in [0, 0.1) is 0 Å². The van der Waals surface area contributed by atoms with E-state index in [0.29, 0.717) is 11.5 Å². The molecule has 5 nitrogen and oxygen atoms in total. The van der Waals surface area contributed by atoms with Gasteiger partial charge >= 0.3 is 5.97 Å². The van der Waals surface area contributed by atoms with Crippen molar-refractivity contribution in [2.75, 3.05) is 7.11 Å². The molecule has 1 rings (SSSR count). The molecule has 0 amide bonds. The zero-order valence-corrected chi connectivity index (χ0v) is 19.3. The Morgan fingerprint density at radius 1 is 1.50 bits per heavy atom. The maximum absolute atomic E-state index is 11.4. The van der Waals surface area contributed by atoms with Crippen molar-refractivity contribution in [3.05, 3.63) is 44.6 Å². The van der Waals surface area contributed by atoms with Gasteiger partial charge in [-0.1, -0.05) is 36.0 Å². The molecule has 0 fully saturated rings. The van der Waals surface area contributed by atoms with Crippen LogP contribution in [-0.2, 0) is 27.2 Å². The van der Waals surface area contributed by atoms with Crippen molar-refractivity contribution in [3.63, 3.8) is 0 Å². The number of hydrogen-bond acceptors (Lipinski definition) is 5. The second-order valence-electron chi connectivity index (χ2n) is 6.69. The highest BCUT2D eigenvalue weighted by atomic mass is 35.5. The van der Waals surface area contributed by atoms with Crippen LogP contribution >= 0.6 is 35.2 Å². The molecule has 0 aliphatic heterocycles. The Morgan fingerprint density at radius 2 is 2.18 bits per heavy atom. The van der Waals surface area contributed by atoms with Gasteiger partial charge in [0.25, 0.3) is 0 Å². The molecule has 0 unspecified atom stereocenters. The van der Waals surface area contributed by atoms with Crippen molar-refractivity contribution >= 4 is 46.1 Å². The number of allylic oxidation sites excluding steroid dienone is 4. The van der Waals surface area contributed by atoms with Crippen LogP contribution < -0.4 is 5.32 Å². The van der Waals surface area contributed by atoms with Crippen LogP contribution in [0.25, 0.3) is 0 Å². The Balaban J connectivity index is 2.62. The average molecular weight is 446 g/mol. The predicted octanol–water partition coefficient (Wildman–Crippen LogP) is 5.04. The molecular formula is C20H28ClNO4S2. The van der Waals surface area contributed by atoms with E-state index in [0.717, 1.165) is 21.9 Å². The van der Waals surface area contributed by atoms with Gasteiger partial charge in [-0.3, -0.25) is 0 Å². The van der Waals surface area contributed by atoms with Crippen molar-refractivity contribution in [2.24, 2.45) is 0 Å². The average Bonchev–Trinajstić information content (AvgIpc) is 3.06. The molecule has 0 saturated heterocycles. The molecule has 1 heterocycles. The van der Waals surface area contributed by atoms with E-state index in [4.69, 9.17) is 33.3 Å². The van der Waals surface area contributed by atoms with Crippen molar-refractivity contribution < 1.29 is 19.4 Å². The molecule has 1 aromatic heterocycles. The Kier molecular flexibility index (Phi) is 10.3. The largest absolute Gasteiger partial charge is 0.479 e. The van der Waals surface area contributed by atoms with Gasteiger partial charge in [0, 0.05) is 30.0 Å². The number of thiocarbonyl (C=S) groups is 1. The van der Waals surface area contributed by atoms with Crippen LogP contribution in [0.5, 0.6) is 0 Å². The van der Waals surface area contributed by atoms with Crippen LogP contribution in [0.4, 0.5) is 0 Å². The highest BCUT2D eigenvalue weighted by Crippen LogP contribution is 2.21. The number of thiophene rings is 1. The minimum atomic E-state index is -1.08. The molecule has 8 heteroatoms. The van der Waals surface area contributed by atoms with Crippen LogP contribution in [0.2, 0.25) is 0 Å². The molecule has 2 N–H and O–H groups in total. The summed E-state index contributed by atoms with van der Waals surface area (Å²) < 4.78 is 10.6. The van der Waals surface area contributed by atoms with Gasteiger partial charge in [0.05, 0.1) is 4.99 Å². The fourth-order valence-corrected chi connectivity index (χ4v) is 3.51. The first-order valence-corrected chi connectivity index (χ1v) is 10.5. The Morgan fingerprint density at radius 3 is 2.71 bits per heavy atom. The summed E-state index contributed by atoms with van der Waals surface area (Å²) in [6, 6.07) is 2.10. The molecule has 1 aromatic rings. The lowest BCUT2D eigenvalue weighted by Crippen LogP contribution is -2.39. The van der Waals surface area contributed by atoms with Crippen molar-refractivity contribution in [1.29, 1.82) is 0 Å². The first-order valence-electron chi connectivity index (χ1n) is 8.84. The van der Waals surface area contributed by atoms with Gasteiger partial charge in [-0.25, -0.2) is 4.79 Å². The predicted molar refractivity (Wildman–Crippen MR) is 119 cm³/mol. The van der Waals surface area contributed by atoms with Crippen molar-refractivity contribution in [2.45, 2.75) is 59.0 Å². The van der Waals surface area contributed by atoms with E-state index in [9.17, 15) is 9.90 Å². The zero-order chi connectivity index (χ0) is 21.3. The number of halogens is 1. The van der Waals surface area contributed by atoms with Crippen LogP contribution in [0.3, 0.4) is 0 Å². The Labute approximate surface area is 181 Å². The SMILES string of the molecule is C/C=C\C(Cc1csc(CNC(=S)C[C@@H](OC(C)(C)OC)C(=O)O)c1)=C(/C)Cl. The number of methoxy groups -OCH3 is 1. The maximum Gasteiger partial charge on any atom is 0.333 e. The van der Waals surface area contributed by atoms with E-state index in [2.05, 4.69) is 16.8 Å². The van der Waals surface area contributed by atoms with Gasteiger partial charge in [-0.05, 0) is 56.7 Å². The standard InChI is InChI=1S/C20H28ClNO4S2/c1-6-7-15(13(2)21)8-14-9-16(28-12-14)11-22-18(27)10-17(19(23)24)26-20(3,4)25-5/h6-7,9,12,17H,8,10-11H2,1-5H3,(H,22,27)(H,23,24)/b7-6-,15-13-/t17-/m1/s1. The Hall–Kier alpha value is -1.25. The normalized spacial score (nSPS) is 14.1. The molecule has 1 atom stereocenters. The number of rotatable bonds is 11. The van der Waals surface area contributed by atoms with E-state index in [1.54, 1.807) is 25.2 Å². The molecule has 0 bridgehead atoms. The lowest BCUT2D eigenvalue weighted by molar-refractivity contribution is -0.227. The lowest BCUT2D eigenvalue weighted by Gasteiger charge is -2.27. The number of carboxylic acid groups (broad SMARTS) is 1. The van der Waals surface area contributed by atoms with Gasteiger partial charge in [0.15, 0.2) is 11.9 Å². The van der Waals surface area contributed by atoms with Crippen molar-refractivity contribution in [3.8, 4) is 0 Å². The highest BCUT2D eigenvalue weighted by molar-refractivity contribution is 7.80. The van der Waals surface area contributed by atoms with E-state index in [-0.39, 0.29) is 6.42 Å². The first-order chi connectivity index (χ1) is 13.1. The van der Waals surface area contributed by atoms with Gasteiger partial charge in [-0.2, -0.15) is 0 Å². The molecule has 0 spiro atoms. The quantitative estimate of drug-likeness (QED) is 0.282. The summed E-state index contributed by atoms with van der Waals surface area (Å²) in [5, 5.41) is 15.3. The molecule has 0 aliphatic rings. The monoisotopic (exact) mass is 445 g/mol. The van der Waals surface area contributed by atoms with E-state index >= 15 is 0 Å². The lowest BCUT2D eigenvalue weighted by atomic mass is 10.1. The van der Waals surface area contributed by atoms with Crippen LogP contribution in [0.15, 0.2) is 34.2 Å². The molecule has 0 aliphatic carbocycles. The number of ether oxygens (including phenoxy) is 2. The molecule has 156 valence electrons. The van der Waals surface area contributed by atoms with E-state index in [1.807, 2.05) is 26.0 Å². The third kappa shape index (κ3) is 8.84. The number of aliphatic carboxylic acids is 1. The fourth-order valence-electron chi connectivity index (χ4n) is 2.32. The van der Waals surface area contributed by atoms with Gasteiger partial charge < -0.3 is 19.9 Å². The molecule has 0 aromatic carbocycles. The summed E-state index contributed by atoms with van der Waals surface area (Å²) >= 11 is 13.1. The highest BCUT2D eigenvalue weighted by Gasteiger charge is 2.29. The van der Waals surface area contributed by atoms with E-state index < -0.39 is 17.9 Å². The number of carbonyl (C=O) groups is 1. The first kappa shape index (κ1) is 24.8. The molecule has 0 radical (unpaired) electrons. The molecule has 28 heavy (non-hydrogen) atoms. The van der Waals surface area contributed by atoms with Gasteiger partial charge in [-0.15, -0.1) is 11.3 Å². The van der Waals surface area contributed by atoms with Gasteiger partial charge in [0.1, 0.15) is 0 Å². The molecule has 0 saturated carbocycles. The third-order valence-corrected chi connectivity index (χ3v) is 5.48. The van der Waals surface area contributed by atoms with E-state index in [1.165, 1.54) is 12.7 Å². The van der Waals surface area contributed by atoms with Gasteiger partial charge in [0.2, 0.25) is 0 Å². The zero-order valence-electron chi connectivity index (χ0n) is 16.9. The minimum Gasteiger partial charge on any atom is -0.479 e. The minimum absolute atomic E-state index is 0.0787. The van der Waals surface area contributed by atoms with Crippen LogP contribution in [-0.4, -0.2) is 35.1 Å². The van der Waals surface area contributed by atoms with Crippen molar-refractivity contribution in [1.82, 2.24) is 5.32 Å². The Bertz CT molecular complexity index is 736. The summed E-state index contributed by atoms with van der Waals surface area (Å²) in [7, 11) is 1.46. The van der Waals surface area contributed by atoms with Crippen LogP contribution in [0.1, 0.15) is 44.6 Å². The number of carboxylic acids is 1. The third-order valence-electron chi connectivity index (χ3n) is 3.94. The molecular weight excluding hydrogens is 418 g/mol. The summed E-state index contributed by atoms with van der Waals surface area (Å²) in [5.74, 6) is -2.08. The second-order valence-corrected chi connectivity index (χ2v) is 8.74. The second kappa shape index (κ2) is 11.7. The number of hydrogen-bond donors (Lipinski definition) is 2. The smallest absolute Gasteiger partial charge is 0.333 e. The summed E-state index contributed by atoms with van der Waals surface area (Å²) in [6.45, 7) is 7.70. The topological polar surface area (TPSA) is 67.8 Å². The summed E-state index contributed by atoms with van der Waals surface area (Å²) in [6.07, 6.45) is 3.76. The maximum atomic E-state index is 11.4. The summed E-state index contributed by atoms with van der Waals surface area (Å²) in [4.78, 5) is 13.0. The fraction of sp³-hybridized carbons (Fsp3) is 0.500. The summed E-state index contributed by atoms with van der Waals surface area (Å²) in [5.41, 5.74) is 2.26. The number of nitrogens with one attached hydrogen (secondary N) is 1.